The van der Waals surface area contributed by atoms with E-state index >= 15 is 0 Å². The minimum atomic E-state index is 0.128. The SMILES string of the molecule is O=C(Nc1ccc(NCCc2cccc(Cl)c2)nc1)C1CCCCC1. The number of amides is 1. The lowest BCUT2D eigenvalue weighted by Gasteiger charge is -2.20. The van der Waals surface area contributed by atoms with Gasteiger partial charge in [-0.3, -0.25) is 4.79 Å². The van der Waals surface area contributed by atoms with E-state index in [-0.39, 0.29) is 11.8 Å². The van der Waals surface area contributed by atoms with E-state index in [0.717, 1.165) is 55.2 Å². The largest absolute Gasteiger partial charge is 0.370 e. The van der Waals surface area contributed by atoms with Crippen LogP contribution in [-0.2, 0) is 11.2 Å². The van der Waals surface area contributed by atoms with Crippen molar-refractivity contribution < 1.29 is 4.79 Å². The standard InChI is InChI=1S/C20H24ClN3O/c21-17-8-4-5-15(13-17)11-12-22-19-10-9-18(14-23-19)24-20(25)16-6-2-1-3-7-16/h4-5,8-10,13-14,16H,1-3,6-7,11-12H2,(H,22,23)(H,24,25). The lowest BCUT2D eigenvalue weighted by Crippen LogP contribution is -2.24. The van der Waals surface area contributed by atoms with Gasteiger partial charge in [-0.15, -0.1) is 0 Å². The summed E-state index contributed by atoms with van der Waals surface area (Å²) in [5.41, 5.74) is 1.95. The maximum Gasteiger partial charge on any atom is 0.227 e. The van der Waals surface area contributed by atoms with Gasteiger partial charge in [-0.1, -0.05) is 43.0 Å². The van der Waals surface area contributed by atoms with Crippen LogP contribution in [0.3, 0.4) is 0 Å². The summed E-state index contributed by atoms with van der Waals surface area (Å²) in [6, 6.07) is 11.7. The maximum atomic E-state index is 12.2. The number of halogens is 1. The molecule has 2 N–H and O–H groups in total. The number of aromatic nitrogens is 1. The molecule has 1 heterocycles. The number of benzene rings is 1. The zero-order chi connectivity index (χ0) is 17.5. The fourth-order valence-electron chi connectivity index (χ4n) is 3.21. The number of carbonyl (C=O) groups excluding carboxylic acids is 1. The smallest absolute Gasteiger partial charge is 0.227 e. The van der Waals surface area contributed by atoms with Gasteiger partial charge in [0.05, 0.1) is 11.9 Å². The molecular weight excluding hydrogens is 334 g/mol. The average Bonchev–Trinajstić information content (AvgIpc) is 2.64. The molecule has 25 heavy (non-hydrogen) atoms. The van der Waals surface area contributed by atoms with Crippen LogP contribution in [0.15, 0.2) is 42.6 Å². The first-order valence-electron chi connectivity index (χ1n) is 8.96. The van der Waals surface area contributed by atoms with E-state index in [0.29, 0.717) is 0 Å². The summed E-state index contributed by atoms with van der Waals surface area (Å²) in [5, 5.41) is 7.03. The van der Waals surface area contributed by atoms with E-state index < -0.39 is 0 Å². The van der Waals surface area contributed by atoms with Gasteiger partial charge in [-0.2, -0.15) is 0 Å². The summed E-state index contributed by atoms with van der Waals surface area (Å²) in [6.07, 6.45) is 8.16. The highest BCUT2D eigenvalue weighted by Crippen LogP contribution is 2.25. The summed E-state index contributed by atoms with van der Waals surface area (Å²) in [4.78, 5) is 16.6. The van der Waals surface area contributed by atoms with E-state index in [9.17, 15) is 4.79 Å². The van der Waals surface area contributed by atoms with Crippen LogP contribution in [0.2, 0.25) is 5.02 Å². The summed E-state index contributed by atoms with van der Waals surface area (Å²) in [7, 11) is 0. The molecule has 0 spiro atoms. The van der Waals surface area contributed by atoms with Crippen molar-refractivity contribution in [3.8, 4) is 0 Å². The number of rotatable bonds is 6. The zero-order valence-electron chi connectivity index (χ0n) is 14.3. The number of hydrogen-bond acceptors (Lipinski definition) is 3. The molecule has 1 aromatic heterocycles. The summed E-state index contributed by atoms with van der Waals surface area (Å²) in [5.74, 6) is 1.09. The van der Waals surface area contributed by atoms with Crippen LogP contribution in [0.1, 0.15) is 37.7 Å². The van der Waals surface area contributed by atoms with Crippen molar-refractivity contribution in [2.45, 2.75) is 38.5 Å². The fraction of sp³-hybridized carbons (Fsp3) is 0.400. The number of nitrogens with zero attached hydrogens (tertiary/aromatic N) is 1. The highest BCUT2D eigenvalue weighted by Gasteiger charge is 2.20. The molecule has 1 aromatic carbocycles. The molecule has 0 atom stereocenters. The van der Waals surface area contributed by atoms with Crippen LogP contribution in [0.25, 0.3) is 0 Å². The third kappa shape index (κ3) is 5.46. The summed E-state index contributed by atoms with van der Waals surface area (Å²) >= 11 is 5.99. The van der Waals surface area contributed by atoms with Crippen molar-refractivity contribution in [2.75, 3.05) is 17.2 Å². The molecule has 5 heteroatoms. The van der Waals surface area contributed by atoms with Gasteiger partial charge in [-0.25, -0.2) is 4.98 Å². The molecule has 2 aromatic rings. The first kappa shape index (κ1) is 17.7. The molecule has 1 aliphatic rings. The molecule has 132 valence electrons. The summed E-state index contributed by atoms with van der Waals surface area (Å²) < 4.78 is 0. The van der Waals surface area contributed by atoms with Gasteiger partial charge in [-0.05, 0) is 49.1 Å². The van der Waals surface area contributed by atoms with Crippen molar-refractivity contribution in [3.05, 3.63) is 53.2 Å². The zero-order valence-corrected chi connectivity index (χ0v) is 15.1. The molecule has 0 bridgehead atoms. The quantitative estimate of drug-likeness (QED) is 0.772. The molecule has 1 aliphatic carbocycles. The molecule has 1 saturated carbocycles. The summed E-state index contributed by atoms with van der Waals surface area (Å²) in [6.45, 7) is 0.779. The van der Waals surface area contributed by atoms with Crippen molar-refractivity contribution in [3.63, 3.8) is 0 Å². The minimum absolute atomic E-state index is 0.128. The van der Waals surface area contributed by atoms with Gasteiger partial charge < -0.3 is 10.6 Å². The molecule has 1 amide bonds. The molecule has 0 radical (unpaired) electrons. The Labute approximate surface area is 154 Å². The van der Waals surface area contributed by atoms with Gasteiger partial charge in [0.2, 0.25) is 5.91 Å². The second-order valence-corrected chi connectivity index (χ2v) is 7.00. The van der Waals surface area contributed by atoms with E-state index in [1.165, 1.54) is 12.0 Å². The molecule has 0 aliphatic heterocycles. The fourth-order valence-corrected chi connectivity index (χ4v) is 3.42. The van der Waals surface area contributed by atoms with Crippen molar-refractivity contribution in [1.82, 2.24) is 4.98 Å². The van der Waals surface area contributed by atoms with Crippen LogP contribution >= 0.6 is 11.6 Å². The van der Waals surface area contributed by atoms with Crippen LogP contribution in [-0.4, -0.2) is 17.4 Å². The van der Waals surface area contributed by atoms with E-state index in [4.69, 9.17) is 11.6 Å². The first-order valence-corrected chi connectivity index (χ1v) is 9.34. The van der Waals surface area contributed by atoms with Gasteiger partial charge in [0.25, 0.3) is 0 Å². The van der Waals surface area contributed by atoms with Gasteiger partial charge in [0.1, 0.15) is 5.82 Å². The molecule has 4 nitrogen and oxygen atoms in total. The Balaban J connectivity index is 1.46. The number of carbonyl (C=O) groups is 1. The van der Waals surface area contributed by atoms with Crippen molar-refractivity contribution >= 4 is 29.0 Å². The Hall–Kier alpha value is -2.07. The number of nitrogens with one attached hydrogen (secondary N) is 2. The normalized spacial score (nSPS) is 14.9. The van der Waals surface area contributed by atoms with Gasteiger partial charge in [0, 0.05) is 17.5 Å². The van der Waals surface area contributed by atoms with E-state index in [1.807, 2.05) is 30.3 Å². The first-order chi connectivity index (χ1) is 12.2. The molecular formula is C20H24ClN3O. The van der Waals surface area contributed by atoms with Crippen LogP contribution in [0.5, 0.6) is 0 Å². The van der Waals surface area contributed by atoms with E-state index in [2.05, 4.69) is 21.7 Å². The Morgan fingerprint density at radius 1 is 1.16 bits per heavy atom. The number of anilines is 2. The maximum absolute atomic E-state index is 12.2. The van der Waals surface area contributed by atoms with E-state index in [1.54, 1.807) is 6.20 Å². The minimum Gasteiger partial charge on any atom is -0.370 e. The lowest BCUT2D eigenvalue weighted by molar-refractivity contribution is -0.120. The lowest BCUT2D eigenvalue weighted by atomic mass is 9.88. The Morgan fingerprint density at radius 3 is 2.72 bits per heavy atom. The molecule has 1 fully saturated rings. The highest BCUT2D eigenvalue weighted by atomic mass is 35.5. The van der Waals surface area contributed by atoms with Crippen LogP contribution in [0.4, 0.5) is 11.5 Å². The number of hydrogen-bond donors (Lipinski definition) is 2. The topological polar surface area (TPSA) is 54.0 Å². The predicted molar refractivity (Wildman–Crippen MR) is 103 cm³/mol. The van der Waals surface area contributed by atoms with Gasteiger partial charge >= 0.3 is 0 Å². The molecule has 0 saturated heterocycles. The molecule has 3 rings (SSSR count). The van der Waals surface area contributed by atoms with Gasteiger partial charge in [0.15, 0.2) is 0 Å². The Kier molecular flexibility index (Phi) is 6.29. The Bertz CT molecular complexity index is 696. The predicted octanol–water partition coefficient (Wildman–Crippen LogP) is 4.91. The second-order valence-electron chi connectivity index (χ2n) is 6.56. The van der Waals surface area contributed by atoms with Crippen molar-refractivity contribution in [1.29, 1.82) is 0 Å². The van der Waals surface area contributed by atoms with Crippen LogP contribution in [0, 0.1) is 5.92 Å². The molecule has 0 unspecified atom stereocenters. The number of pyridine rings is 1. The third-order valence-electron chi connectivity index (χ3n) is 4.62. The average molecular weight is 358 g/mol. The monoisotopic (exact) mass is 357 g/mol. The third-order valence-corrected chi connectivity index (χ3v) is 4.85. The van der Waals surface area contributed by atoms with Crippen molar-refractivity contribution in [2.24, 2.45) is 5.92 Å². The highest BCUT2D eigenvalue weighted by molar-refractivity contribution is 6.30. The second kappa shape index (κ2) is 8.86. The van der Waals surface area contributed by atoms with Crippen LogP contribution < -0.4 is 10.6 Å². The Morgan fingerprint density at radius 2 is 2.00 bits per heavy atom.